The first kappa shape index (κ1) is 17.0. The van der Waals surface area contributed by atoms with E-state index in [1.807, 2.05) is 54.6 Å². The van der Waals surface area contributed by atoms with Crippen LogP contribution in [0, 0.1) is 0 Å². The highest BCUT2D eigenvalue weighted by Crippen LogP contribution is 2.20. The van der Waals surface area contributed by atoms with Gasteiger partial charge >= 0.3 is 6.09 Å². The highest BCUT2D eigenvalue weighted by molar-refractivity contribution is 7.98. The van der Waals surface area contributed by atoms with E-state index in [4.69, 9.17) is 4.74 Å². The molecule has 6 heteroatoms. The van der Waals surface area contributed by atoms with Crippen molar-refractivity contribution in [3.8, 4) is 0 Å². The summed E-state index contributed by atoms with van der Waals surface area (Å²) in [5, 5.41) is 11.5. The van der Waals surface area contributed by atoms with Crippen molar-refractivity contribution in [3.05, 3.63) is 83.9 Å². The van der Waals surface area contributed by atoms with Crippen LogP contribution in [0.2, 0.25) is 0 Å². The van der Waals surface area contributed by atoms with Crippen LogP contribution in [0.3, 0.4) is 0 Å². The summed E-state index contributed by atoms with van der Waals surface area (Å²) in [6.45, 7) is 0.213. The molecular formula is C19H17N3O2S. The minimum absolute atomic E-state index is 0.213. The maximum Gasteiger partial charge on any atom is 0.413 e. The van der Waals surface area contributed by atoms with Crippen molar-refractivity contribution in [3.63, 3.8) is 0 Å². The molecule has 2 aromatic carbocycles. The summed E-state index contributed by atoms with van der Waals surface area (Å²) >= 11 is 1.59. The van der Waals surface area contributed by atoms with Crippen LogP contribution in [0.5, 0.6) is 0 Å². The second-order valence-electron chi connectivity index (χ2n) is 5.22. The molecule has 0 atom stereocenters. The number of ether oxygens (including phenoxy) is 1. The van der Waals surface area contributed by atoms with Gasteiger partial charge in [-0.15, -0.1) is 10.2 Å². The van der Waals surface area contributed by atoms with Gasteiger partial charge in [0.2, 0.25) is 0 Å². The van der Waals surface area contributed by atoms with Gasteiger partial charge in [0.25, 0.3) is 0 Å². The lowest BCUT2D eigenvalue weighted by molar-refractivity contribution is 0.155. The summed E-state index contributed by atoms with van der Waals surface area (Å²) in [4.78, 5) is 11.8. The standard InChI is InChI=1S/C19H17N3O2S/c23-19(24-13-15-7-3-1-4-8-15)20-17-11-12-18(22-21-17)25-14-16-9-5-2-6-10-16/h1-12H,13-14H2,(H,20,21,23). The third kappa shape index (κ3) is 5.61. The minimum Gasteiger partial charge on any atom is -0.444 e. The number of carbonyl (C=O) groups excluding carboxylic acids is 1. The molecule has 0 spiro atoms. The number of carbonyl (C=O) groups is 1. The van der Waals surface area contributed by atoms with Gasteiger partial charge in [-0.25, -0.2) is 4.79 Å². The summed E-state index contributed by atoms with van der Waals surface area (Å²) in [5.74, 6) is 1.18. The van der Waals surface area contributed by atoms with E-state index >= 15 is 0 Å². The van der Waals surface area contributed by atoms with Gasteiger partial charge < -0.3 is 4.74 Å². The number of benzene rings is 2. The van der Waals surface area contributed by atoms with E-state index in [9.17, 15) is 4.79 Å². The van der Waals surface area contributed by atoms with Gasteiger partial charge in [0.1, 0.15) is 11.6 Å². The average molecular weight is 351 g/mol. The second kappa shape index (κ2) is 8.84. The number of hydrogen-bond acceptors (Lipinski definition) is 5. The summed E-state index contributed by atoms with van der Waals surface area (Å²) in [6, 6.07) is 23.2. The summed E-state index contributed by atoms with van der Waals surface area (Å²) in [5.41, 5.74) is 2.15. The van der Waals surface area contributed by atoms with Gasteiger partial charge in [-0.2, -0.15) is 0 Å². The number of anilines is 1. The summed E-state index contributed by atoms with van der Waals surface area (Å²) in [6.07, 6.45) is -0.553. The molecule has 0 bridgehead atoms. The van der Waals surface area contributed by atoms with Crippen molar-refractivity contribution in [2.24, 2.45) is 0 Å². The normalized spacial score (nSPS) is 10.2. The molecule has 0 aliphatic carbocycles. The fraction of sp³-hybridized carbons (Fsp3) is 0.105. The largest absolute Gasteiger partial charge is 0.444 e. The fourth-order valence-electron chi connectivity index (χ4n) is 2.06. The van der Waals surface area contributed by atoms with E-state index < -0.39 is 6.09 Å². The molecule has 1 heterocycles. The minimum atomic E-state index is -0.553. The van der Waals surface area contributed by atoms with E-state index in [1.165, 1.54) is 5.56 Å². The molecule has 126 valence electrons. The monoisotopic (exact) mass is 351 g/mol. The predicted molar refractivity (Wildman–Crippen MR) is 98.3 cm³/mol. The van der Waals surface area contributed by atoms with Crippen molar-refractivity contribution < 1.29 is 9.53 Å². The molecule has 3 rings (SSSR count). The Bertz CT molecular complexity index is 796. The first-order valence-electron chi connectivity index (χ1n) is 7.78. The zero-order valence-electron chi connectivity index (χ0n) is 13.5. The highest BCUT2D eigenvalue weighted by Gasteiger charge is 2.06. The lowest BCUT2D eigenvalue weighted by Crippen LogP contribution is -2.14. The Morgan fingerprint density at radius 3 is 2.20 bits per heavy atom. The number of aromatic nitrogens is 2. The molecule has 1 N–H and O–H groups in total. The van der Waals surface area contributed by atoms with Crippen LogP contribution >= 0.6 is 11.8 Å². The quantitative estimate of drug-likeness (QED) is 0.662. The molecule has 5 nitrogen and oxygen atoms in total. The number of nitrogens with one attached hydrogen (secondary N) is 1. The zero-order chi connectivity index (χ0) is 17.3. The van der Waals surface area contributed by atoms with E-state index in [2.05, 4.69) is 27.6 Å². The Balaban J connectivity index is 1.46. The van der Waals surface area contributed by atoms with Gasteiger partial charge in [-0.3, -0.25) is 5.32 Å². The topological polar surface area (TPSA) is 64.1 Å². The van der Waals surface area contributed by atoms with Gasteiger partial charge in [0.05, 0.1) is 0 Å². The molecule has 25 heavy (non-hydrogen) atoms. The first-order chi connectivity index (χ1) is 12.3. The van der Waals surface area contributed by atoms with Gasteiger partial charge in [0, 0.05) is 5.75 Å². The lowest BCUT2D eigenvalue weighted by atomic mass is 10.2. The number of thioether (sulfide) groups is 1. The maximum absolute atomic E-state index is 11.8. The van der Waals surface area contributed by atoms with E-state index in [0.29, 0.717) is 5.82 Å². The zero-order valence-corrected chi connectivity index (χ0v) is 14.3. The third-order valence-corrected chi connectivity index (χ3v) is 4.30. The second-order valence-corrected chi connectivity index (χ2v) is 6.21. The first-order valence-corrected chi connectivity index (χ1v) is 8.76. The van der Waals surface area contributed by atoms with Crippen LogP contribution in [-0.4, -0.2) is 16.3 Å². The van der Waals surface area contributed by atoms with Crippen molar-refractivity contribution >= 4 is 23.7 Å². The molecule has 0 radical (unpaired) electrons. The molecule has 0 saturated carbocycles. The molecule has 3 aromatic rings. The fourth-order valence-corrected chi connectivity index (χ4v) is 2.83. The average Bonchev–Trinajstić information content (AvgIpc) is 2.67. The lowest BCUT2D eigenvalue weighted by Gasteiger charge is -2.06. The Morgan fingerprint density at radius 1 is 0.880 bits per heavy atom. The van der Waals surface area contributed by atoms with Gasteiger partial charge in [0.15, 0.2) is 5.82 Å². The highest BCUT2D eigenvalue weighted by atomic mass is 32.2. The van der Waals surface area contributed by atoms with Crippen LogP contribution in [0.25, 0.3) is 0 Å². The molecule has 0 fully saturated rings. The molecule has 0 saturated heterocycles. The van der Waals surface area contributed by atoms with Crippen LogP contribution in [0.4, 0.5) is 10.6 Å². The maximum atomic E-state index is 11.8. The van der Waals surface area contributed by atoms with Crippen molar-refractivity contribution in [1.29, 1.82) is 0 Å². The predicted octanol–water partition coefficient (Wildman–Crippen LogP) is 4.52. The number of hydrogen-bond donors (Lipinski definition) is 1. The number of nitrogens with zero attached hydrogens (tertiary/aromatic N) is 2. The molecule has 0 unspecified atom stereocenters. The molecule has 0 aliphatic rings. The van der Waals surface area contributed by atoms with Crippen LogP contribution in [0.1, 0.15) is 11.1 Å². The van der Waals surface area contributed by atoms with Crippen molar-refractivity contribution in [2.45, 2.75) is 17.4 Å². The third-order valence-electron chi connectivity index (χ3n) is 3.31. The molecule has 1 aromatic heterocycles. The Kier molecular flexibility index (Phi) is 6.01. The SMILES string of the molecule is O=C(Nc1ccc(SCc2ccccc2)nn1)OCc1ccccc1. The smallest absolute Gasteiger partial charge is 0.413 e. The Labute approximate surface area is 150 Å². The van der Waals surface area contributed by atoms with Crippen molar-refractivity contribution in [2.75, 3.05) is 5.32 Å². The Morgan fingerprint density at radius 2 is 1.56 bits per heavy atom. The van der Waals surface area contributed by atoms with E-state index in [0.717, 1.165) is 16.3 Å². The van der Waals surface area contributed by atoms with Crippen molar-refractivity contribution in [1.82, 2.24) is 10.2 Å². The van der Waals surface area contributed by atoms with E-state index in [1.54, 1.807) is 17.8 Å². The van der Waals surface area contributed by atoms with Crippen LogP contribution in [-0.2, 0) is 17.1 Å². The van der Waals surface area contributed by atoms with Crippen LogP contribution < -0.4 is 5.32 Å². The molecular weight excluding hydrogens is 334 g/mol. The molecule has 1 amide bonds. The van der Waals surface area contributed by atoms with E-state index in [-0.39, 0.29) is 6.61 Å². The molecule has 0 aliphatic heterocycles. The summed E-state index contributed by atoms with van der Waals surface area (Å²) < 4.78 is 5.14. The number of rotatable bonds is 6. The summed E-state index contributed by atoms with van der Waals surface area (Å²) in [7, 11) is 0. The van der Waals surface area contributed by atoms with Crippen LogP contribution in [0.15, 0.2) is 77.8 Å². The van der Waals surface area contributed by atoms with Gasteiger partial charge in [-0.1, -0.05) is 72.4 Å². The number of amides is 1. The van der Waals surface area contributed by atoms with Gasteiger partial charge in [-0.05, 0) is 23.3 Å². The Hall–Kier alpha value is -2.86.